The van der Waals surface area contributed by atoms with Gasteiger partial charge in [0.25, 0.3) is 0 Å². The molecular formula is C10H14ClN5O. The Kier molecular flexibility index (Phi) is 2.92. The second kappa shape index (κ2) is 4.12. The van der Waals surface area contributed by atoms with Crippen molar-refractivity contribution in [2.45, 2.75) is 19.4 Å². The number of hydrogen-bond acceptors (Lipinski definition) is 5. The van der Waals surface area contributed by atoms with Crippen LogP contribution in [0.15, 0.2) is 6.20 Å². The topological polar surface area (TPSA) is 77.9 Å². The van der Waals surface area contributed by atoms with Gasteiger partial charge in [0.2, 0.25) is 5.28 Å². The normalized spacial score (nSPS) is 12.1. The molecule has 0 fully saturated rings. The molecule has 2 N–H and O–H groups in total. The van der Waals surface area contributed by atoms with Crippen molar-refractivity contribution in [2.75, 3.05) is 18.6 Å². The van der Waals surface area contributed by atoms with E-state index in [0.29, 0.717) is 11.5 Å². The van der Waals surface area contributed by atoms with Gasteiger partial charge in [-0.2, -0.15) is 15.1 Å². The smallest absolute Gasteiger partial charge is 0.226 e. The predicted molar refractivity (Wildman–Crippen MR) is 66.3 cm³/mol. The Morgan fingerprint density at radius 1 is 1.47 bits per heavy atom. The molecule has 0 unspecified atom stereocenters. The van der Waals surface area contributed by atoms with Gasteiger partial charge in [0, 0.05) is 7.05 Å². The Labute approximate surface area is 104 Å². The third-order valence-corrected chi connectivity index (χ3v) is 3.04. The number of nitrogens with one attached hydrogen (secondary N) is 1. The number of anilines is 1. The summed E-state index contributed by atoms with van der Waals surface area (Å²) >= 11 is 5.86. The molecule has 0 aromatic carbocycles. The van der Waals surface area contributed by atoms with Gasteiger partial charge in [-0.15, -0.1) is 0 Å². The van der Waals surface area contributed by atoms with Crippen molar-refractivity contribution in [1.82, 2.24) is 20.2 Å². The van der Waals surface area contributed by atoms with E-state index in [2.05, 4.69) is 20.2 Å². The number of nitrogens with zero attached hydrogens (tertiary/aromatic N) is 4. The summed E-state index contributed by atoms with van der Waals surface area (Å²) in [5.74, 6) is 0.646. The van der Waals surface area contributed by atoms with E-state index in [-0.39, 0.29) is 11.9 Å². The summed E-state index contributed by atoms with van der Waals surface area (Å²) in [6.07, 6.45) is 1.64. The van der Waals surface area contributed by atoms with E-state index < -0.39 is 5.54 Å². The lowest BCUT2D eigenvalue weighted by Gasteiger charge is -2.35. The van der Waals surface area contributed by atoms with E-state index in [1.165, 1.54) is 0 Å². The molecule has 0 saturated carbocycles. The monoisotopic (exact) mass is 255 g/mol. The first kappa shape index (κ1) is 12.1. The molecule has 0 atom stereocenters. The number of aliphatic hydroxyl groups is 1. The summed E-state index contributed by atoms with van der Waals surface area (Å²) in [6.45, 7) is 3.83. The third-order valence-electron chi connectivity index (χ3n) is 2.87. The van der Waals surface area contributed by atoms with Gasteiger partial charge in [-0.3, -0.25) is 5.10 Å². The van der Waals surface area contributed by atoms with E-state index >= 15 is 0 Å². The number of aliphatic hydroxyl groups excluding tert-OH is 1. The number of fused-ring (bicyclic) bond motifs is 1. The number of rotatable bonds is 3. The van der Waals surface area contributed by atoms with Crippen LogP contribution in [0.2, 0.25) is 5.28 Å². The fraction of sp³-hybridized carbons (Fsp3) is 0.500. The standard InChI is InChI=1S/C10H14ClN5O/c1-10(2,5-17)16(3)8-6-4-12-15-7(6)13-9(11)14-8/h4,17H,5H2,1-3H3,(H,12,13,14,15). The molecule has 7 heteroatoms. The minimum atomic E-state index is -0.443. The zero-order chi connectivity index (χ0) is 12.6. The van der Waals surface area contributed by atoms with Crippen LogP contribution in [0.1, 0.15) is 13.8 Å². The fourth-order valence-corrected chi connectivity index (χ4v) is 1.61. The minimum absolute atomic E-state index is 0.00443. The molecule has 0 saturated heterocycles. The van der Waals surface area contributed by atoms with Crippen molar-refractivity contribution >= 4 is 28.5 Å². The molecule has 2 aromatic heterocycles. The number of aromatic amines is 1. The average molecular weight is 256 g/mol. The van der Waals surface area contributed by atoms with Crippen LogP contribution in [0, 0.1) is 0 Å². The van der Waals surface area contributed by atoms with Crippen LogP contribution in [-0.4, -0.2) is 44.5 Å². The number of aromatic nitrogens is 4. The Morgan fingerprint density at radius 2 is 2.18 bits per heavy atom. The van der Waals surface area contributed by atoms with Gasteiger partial charge < -0.3 is 10.0 Å². The molecule has 92 valence electrons. The molecule has 2 heterocycles. The van der Waals surface area contributed by atoms with E-state index in [0.717, 1.165) is 5.39 Å². The molecule has 0 spiro atoms. The van der Waals surface area contributed by atoms with Crippen LogP contribution in [0.4, 0.5) is 5.82 Å². The van der Waals surface area contributed by atoms with Crippen molar-refractivity contribution in [2.24, 2.45) is 0 Å². The van der Waals surface area contributed by atoms with Gasteiger partial charge in [-0.1, -0.05) is 0 Å². The van der Waals surface area contributed by atoms with Gasteiger partial charge in [0.05, 0.1) is 23.7 Å². The maximum absolute atomic E-state index is 9.38. The average Bonchev–Trinajstić information content (AvgIpc) is 2.74. The third kappa shape index (κ3) is 2.05. The largest absolute Gasteiger partial charge is 0.394 e. The molecule has 2 rings (SSSR count). The Balaban J connectivity index is 2.58. The lowest BCUT2D eigenvalue weighted by Crippen LogP contribution is -2.45. The van der Waals surface area contributed by atoms with Crippen LogP contribution in [-0.2, 0) is 0 Å². The highest BCUT2D eigenvalue weighted by atomic mass is 35.5. The summed E-state index contributed by atoms with van der Waals surface area (Å²) in [6, 6.07) is 0. The van der Waals surface area contributed by atoms with Crippen LogP contribution in [0.3, 0.4) is 0 Å². The van der Waals surface area contributed by atoms with Gasteiger partial charge in [0.15, 0.2) is 5.65 Å². The van der Waals surface area contributed by atoms with E-state index in [9.17, 15) is 5.11 Å². The first-order valence-corrected chi connectivity index (χ1v) is 5.55. The van der Waals surface area contributed by atoms with Crippen LogP contribution >= 0.6 is 11.6 Å². The molecule has 0 amide bonds. The summed E-state index contributed by atoms with van der Waals surface area (Å²) < 4.78 is 0. The van der Waals surface area contributed by atoms with Gasteiger partial charge in [-0.05, 0) is 25.4 Å². The quantitative estimate of drug-likeness (QED) is 0.807. The first-order valence-electron chi connectivity index (χ1n) is 5.17. The SMILES string of the molecule is CN(c1nc(Cl)nc2[nH]ncc12)C(C)(C)CO. The number of H-pyrrole nitrogens is 1. The van der Waals surface area contributed by atoms with E-state index in [1.807, 2.05) is 25.8 Å². The zero-order valence-corrected chi connectivity index (χ0v) is 10.7. The number of halogens is 1. The summed E-state index contributed by atoms with van der Waals surface area (Å²) in [5.41, 5.74) is 0.141. The summed E-state index contributed by atoms with van der Waals surface area (Å²) in [7, 11) is 1.85. The molecule has 2 aromatic rings. The highest BCUT2D eigenvalue weighted by molar-refractivity contribution is 6.28. The van der Waals surface area contributed by atoms with Gasteiger partial charge in [-0.25, -0.2) is 0 Å². The molecule has 0 radical (unpaired) electrons. The molecule has 0 bridgehead atoms. The Hall–Kier alpha value is -1.40. The van der Waals surface area contributed by atoms with Crippen LogP contribution < -0.4 is 4.90 Å². The van der Waals surface area contributed by atoms with Gasteiger partial charge >= 0.3 is 0 Å². The lowest BCUT2D eigenvalue weighted by atomic mass is 10.1. The summed E-state index contributed by atoms with van der Waals surface area (Å²) in [4.78, 5) is 10.1. The van der Waals surface area contributed by atoms with E-state index in [4.69, 9.17) is 11.6 Å². The second-order valence-electron chi connectivity index (χ2n) is 4.48. The zero-order valence-electron chi connectivity index (χ0n) is 9.90. The molecule has 0 aliphatic rings. The highest BCUT2D eigenvalue weighted by Gasteiger charge is 2.26. The maximum atomic E-state index is 9.38. The van der Waals surface area contributed by atoms with Crippen molar-refractivity contribution in [3.63, 3.8) is 0 Å². The predicted octanol–water partition coefficient (Wildman–Crippen LogP) is 1.21. The Bertz CT molecular complexity index is 538. The van der Waals surface area contributed by atoms with Crippen LogP contribution in [0.25, 0.3) is 11.0 Å². The second-order valence-corrected chi connectivity index (χ2v) is 4.82. The van der Waals surface area contributed by atoms with Crippen molar-refractivity contribution in [1.29, 1.82) is 0 Å². The number of likely N-dealkylation sites (N-methyl/N-ethyl adjacent to an activating group) is 1. The van der Waals surface area contributed by atoms with Gasteiger partial charge in [0.1, 0.15) is 5.82 Å². The fourth-order valence-electron chi connectivity index (χ4n) is 1.44. The first-order chi connectivity index (χ1) is 7.95. The van der Waals surface area contributed by atoms with Crippen molar-refractivity contribution in [3.05, 3.63) is 11.5 Å². The van der Waals surface area contributed by atoms with Crippen molar-refractivity contribution < 1.29 is 5.11 Å². The maximum Gasteiger partial charge on any atom is 0.226 e. The highest BCUT2D eigenvalue weighted by Crippen LogP contribution is 2.27. The molecule has 6 nitrogen and oxygen atoms in total. The van der Waals surface area contributed by atoms with E-state index in [1.54, 1.807) is 6.20 Å². The molecular weight excluding hydrogens is 242 g/mol. The van der Waals surface area contributed by atoms with Crippen molar-refractivity contribution in [3.8, 4) is 0 Å². The summed E-state index contributed by atoms with van der Waals surface area (Å²) in [5, 5.41) is 17.0. The molecule has 17 heavy (non-hydrogen) atoms. The molecule has 0 aliphatic carbocycles. The lowest BCUT2D eigenvalue weighted by molar-refractivity contribution is 0.216. The van der Waals surface area contributed by atoms with Crippen LogP contribution in [0.5, 0.6) is 0 Å². The number of hydrogen-bond donors (Lipinski definition) is 2. The molecule has 0 aliphatic heterocycles. The Morgan fingerprint density at radius 3 is 2.82 bits per heavy atom. The minimum Gasteiger partial charge on any atom is -0.394 e.